The lowest BCUT2D eigenvalue weighted by Crippen LogP contribution is -2.03. The van der Waals surface area contributed by atoms with Gasteiger partial charge in [-0.3, -0.25) is 0 Å². The van der Waals surface area contributed by atoms with Gasteiger partial charge in [0, 0.05) is 22.1 Å². The average molecular weight is 420 g/mol. The van der Waals surface area contributed by atoms with Gasteiger partial charge in [-0.25, -0.2) is 9.97 Å². The van der Waals surface area contributed by atoms with Crippen molar-refractivity contribution in [2.75, 3.05) is 12.4 Å². The standard InChI is InChI=1S/C14H14Br2ClN3/c1-3-4-11-12(16)14(18-2)20-13(19-11)9-7-8(17)5-6-10(9)15/h5-7H,3-4H2,1-2H3,(H,18,19,20). The summed E-state index contributed by atoms with van der Waals surface area (Å²) in [6, 6.07) is 5.60. The maximum absolute atomic E-state index is 6.07. The van der Waals surface area contributed by atoms with Gasteiger partial charge < -0.3 is 5.32 Å². The van der Waals surface area contributed by atoms with Crippen LogP contribution in [0.3, 0.4) is 0 Å². The van der Waals surface area contributed by atoms with Crippen LogP contribution in [0.15, 0.2) is 27.1 Å². The minimum absolute atomic E-state index is 0.662. The van der Waals surface area contributed by atoms with Crippen molar-refractivity contribution < 1.29 is 0 Å². The predicted molar refractivity (Wildman–Crippen MR) is 91.4 cm³/mol. The van der Waals surface area contributed by atoms with Crippen LogP contribution in [0.1, 0.15) is 19.0 Å². The molecule has 6 heteroatoms. The van der Waals surface area contributed by atoms with Crippen molar-refractivity contribution in [1.82, 2.24) is 9.97 Å². The van der Waals surface area contributed by atoms with Gasteiger partial charge in [-0.15, -0.1) is 0 Å². The van der Waals surface area contributed by atoms with Crippen LogP contribution in [-0.4, -0.2) is 17.0 Å². The molecule has 0 unspecified atom stereocenters. The molecule has 0 saturated heterocycles. The first-order valence-electron chi connectivity index (χ1n) is 6.26. The Morgan fingerprint density at radius 2 is 2.00 bits per heavy atom. The Bertz CT molecular complexity index is 632. The molecular formula is C14H14Br2ClN3. The highest BCUT2D eigenvalue weighted by molar-refractivity contribution is 9.11. The Labute approximate surface area is 140 Å². The van der Waals surface area contributed by atoms with Gasteiger partial charge in [-0.05, 0) is 40.5 Å². The Morgan fingerprint density at radius 1 is 1.25 bits per heavy atom. The molecule has 2 aromatic rings. The molecular weight excluding hydrogens is 405 g/mol. The van der Waals surface area contributed by atoms with E-state index in [1.807, 2.05) is 25.2 Å². The molecule has 0 radical (unpaired) electrons. The summed E-state index contributed by atoms with van der Waals surface area (Å²) in [5.41, 5.74) is 1.88. The fourth-order valence-corrected chi connectivity index (χ4v) is 3.02. The number of rotatable bonds is 4. The van der Waals surface area contributed by atoms with Crippen molar-refractivity contribution in [3.63, 3.8) is 0 Å². The maximum Gasteiger partial charge on any atom is 0.163 e. The number of nitrogens with one attached hydrogen (secondary N) is 1. The lowest BCUT2D eigenvalue weighted by Gasteiger charge is -2.12. The van der Waals surface area contributed by atoms with Gasteiger partial charge in [-0.1, -0.05) is 40.9 Å². The van der Waals surface area contributed by atoms with E-state index in [4.69, 9.17) is 11.6 Å². The molecule has 1 N–H and O–H groups in total. The summed E-state index contributed by atoms with van der Waals surface area (Å²) >= 11 is 13.2. The van der Waals surface area contributed by atoms with Crippen LogP contribution < -0.4 is 5.32 Å². The molecule has 2 rings (SSSR count). The normalized spacial score (nSPS) is 10.7. The van der Waals surface area contributed by atoms with Crippen molar-refractivity contribution in [1.29, 1.82) is 0 Å². The third-order valence-corrected chi connectivity index (χ3v) is 4.57. The maximum atomic E-state index is 6.07. The van der Waals surface area contributed by atoms with Gasteiger partial charge >= 0.3 is 0 Å². The van der Waals surface area contributed by atoms with Crippen molar-refractivity contribution >= 4 is 49.3 Å². The number of anilines is 1. The summed E-state index contributed by atoms with van der Waals surface area (Å²) in [7, 11) is 1.85. The summed E-state index contributed by atoms with van der Waals surface area (Å²) < 4.78 is 1.84. The molecule has 1 aromatic carbocycles. The topological polar surface area (TPSA) is 37.8 Å². The van der Waals surface area contributed by atoms with E-state index in [0.717, 1.165) is 38.9 Å². The van der Waals surface area contributed by atoms with Gasteiger partial charge in [0.25, 0.3) is 0 Å². The van der Waals surface area contributed by atoms with Gasteiger partial charge in [-0.2, -0.15) is 0 Å². The van der Waals surface area contributed by atoms with Gasteiger partial charge in [0.2, 0.25) is 0 Å². The molecule has 0 aliphatic rings. The Morgan fingerprint density at radius 3 is 2.65 bits per heavy atom. The van der Waals surface area contributed by atoms with E-state index in [0.29, 0.717) is 10.8 Å². The average Bonchev–Trinajstić information content (AvgIpc) is 2.44. The highest BCUT2D eigenvalue weighted by atomic mass is 79.9. The number of hydrogen-bond donors (Lipinski definition) is 1. The second-order valence-corrected chi connectivity index (χ2v) is 6.36. The van der Waals surface area contributed by atoms with Crippen LogP contribution >= 0.6 is 43.5 Å². The number of hydrogen-bond acceptors (Lipinski definition) is 3. The van der Waals surface area contributed by atoms with E-state index in [1.54, 1.807) is 0 Å². The molecule has 0 amide bonds. The summed E-state index contributed by atoms with van der Waals surface area (Å²) in [6.07, 6.45) is 1.91. The molecule has 0 spiro atoms. The fraction of sp³-hybridized carbons (Fsp3) is 0.286. The molecule has 106 valence electrons. The van der Waals surface area contributed by atoms with Gasteiger partial charge in [0.15, 0.2) is 5.82 Å². The smallest absolute Gasteiger partial charge is 0.163 e. The van der Waals surface area contributed by atoms with Crippen LogP contribution in [-0.2, 0) is 6.42 Å². The lowest BCUT2D eigenvalue weighted by atomic mass is 10.2. The zero-order valence-electron chi connectivity index (χ0n) is 11.2. The highest BCUT2D eigenvalue weighted by Gasteiger charge is 2.14. The monoisotopic (exact) mass is 417 g/mol. The molecule has 0 aliphatic heterocycles. The second-order valence-electron chi connectivity index (χ2n) is 4.28. The second kappa shape index (κ2) is 6.87. The highest BCUT2D eigenvalue weighted by Crippen LogP contribution is 2.32. The van der Waals surface area contributed by atoms with Crippen molar-refractivity contribution in [2.24, 2.45) is 0 Å². The van der Waals surface area contributed by atoms with E-state index in [2.05, 4.69) is 54.1 Å². The van der Waals surface area contributed by atoms with Crippen molar-refractivity contribution in [3.05, 3.63) is 37.9 Å². The SMILES string of the molecule is CCCc1nc(-c2cc(Cl)ccc2Br)nc(NC)c1Br. The summed E-state index contributed by atoms with van der Waals surface area (Å²) in [5.74, 6) is 1.45. The number of benzene rings is 1. The number of nitrogens with zero attached hydrogens (tertiary/aromatic N) is 2. The van der Waals surface area contributed by atoms with Gasteiger partial charge in [0.05, 0.1) is 10.2 Å². The molecule has 1 aromatic heterocycles. The first-order valence-corrected chi connectivity index (χ1v) is 8.22. The minimum atomic E-state index is 0.662. The predicted octanol–water partition coefficient (Wildman–Crippen LogP) is 5.32. The first-order chi connectivity index (χ1) is 9.56. The Hall–Kier alpha value is -0.650. The lowest BCUT2D eigenvalue weighted by molar-refractivity contribution is 0.868. The summed E-state index contributed by atoms with van der Waals surface area (Å²) in [6.45, 7) is 2.13. The fourth-order valence-electron chi connectivity index (χ4n) is 1.85. The molecule has 3 nitrogen and oxygen atoms in total. The molecule has 0 aliphatic carbocycles. The van der Waals surface area contributed by atoms with Crippen LogP contribution in [0.25, 0.3) is 11.4 Å². The third kappa shape index (κ3) is 3.32. The van der Waals surface area contributed by atoms with Crippen molar-refractivity contribution in [3.8, 4) is 11.4 Å². The van der Waals surface area contributed by atoms with Gasteiger partial charge in [0.1, 0.15) is 5.82 Å². The van der Waals surface area contributed by atoms with E-state index in [9.17, 15) is 0 Å². The zero-order chi connectivity index (χ0) is 14.7. The Balaban J connectivity index is 2.61. The quantitative estimate of drug-likeness (QED) is 0.729. The van der Waals surface area contributed by atoms with Crippen LogP contribution in [0.5, 0.6) is 0 Å². The largest absolute Gasteiger partial charge is 0.372 e. The van der Waals surface area contributed by atoms with E-state index in [1.165, 1.54) is 0 Å². The van der Waals surface area contributed by atoms with Crippen LogP contribution in [0, 0.1) is 0 Å². The van der Waals surface area contributed by atoms with Crippen LogP contribution in [0.4, 0.5) is 5.82 Å². The van der Waals surface area contributed by atoms with Crippen LogP contribution in [0.2, 0.25) is 5.02 Å². The Kier molecular flexibility index (Phi) is 5.41. The third-order valence-electron chi connectivity index (χ3n) is 2.81. The molecule has 0 fully saturated rings. The van der Waals surface area contributed by atoms with E-state index < -0.39 is 0 Å². The molecule has 1 heterocycles. The van der Waals surface area contributed by atoms with Crippen molar-refractivity contribution in [2.45, 2.75) is 19.8 Å². The van der Waals surface area contributed by atoms with E-state index in [-0.39, 0.29) is 0 Å². The van der Waals surface area contributed by atoms with E-state index >= 15 is 0 Å². The molecule has 0 saturated carbocycles. The number of aryl methyl sites for hydroxylation is 1. The zero-order valence-corrected chi connectivity index (χ0v) is 15.1. The number of aromatic nitrogens is 2. The number of halogens is 3. The molecule has 20 heavy (non-hydrogen) atoms. The molecule has 0 atom stereocenters. The summed E-state index contributed by atoms with van der Waals surface area (Å²) in [4.78, 5) is 9.20. The summed E-state index contributed by atoms with van der Waals surface area (Å²) in [5, 5.41) is 3.76. The minimum Gasteiger partial charge on any atom is -0.372 e. The molecule has 0 bridgehead atoms. The first kappa shape index (κ1) is 15.7.